The highest BCUT2D eigenvalue weighted by atomic mass is 32.2. The lowest BCUT2D eigenvalue weighted by Crippen LogP contribution is -2.40. The summed E-state index contributed by atoms with van der Waals surface area (Å²) in [6, 6.07) is 13.3. The van der Waals surface area contributed by atoms with E-state index in [0.717, 1.165) is 11.1 Å². The predicted octanol–water partition coefficient (Wildman–Crippen LogP) is 3.00. The van der Waals surface area contributed by atoms with Crippen molar-refractivity contribution >= 4 is 16.0 Å². The molecule has 0 spiro atoms. The molecule has 1 N–H and O–H groups in total. The summed E-state index contributed by atoms with van der Waals surface area (Å²) in [4.78, 5) is 11.7. The quantitative estimate of drug-likeness (QED) is 0.844. The number of carbonyl (C=O) groups is 1. The topological polar surface area (TPSA) is 72.5 Å². The van der Waals surface area contributed by atoms with Crippen LogP contribution in [-0.4, -0.2) is 21.5 Å². The summed E-state index contributed by atoms with van der Waals surface area (Å²) in [7, 11) is -2.34. The standard InChI is InChI=1S/C18H21NO4S/c1-13-5-11-16(12-6-13)24(21,22)19-18(2,3)15-9-7-14(8-10-15)17(20)23-4/h5-12,19H,1-4H3. The molecular formula is C18H21NO4S. The molecule has 0 radical (unpaired) electrons. The Morgan fingerprint density at radius 3 is 2.04 bits per heavy atom. The number of carbonyl (C=O) groups excluding carboxylic acids is 1. The maximum Gasteiger partial charge on any atom is 0.337 e. The minimum Gasteiger partial charge on any atom is -0.465 e. The number of rotatable bonds is 5. The Labute approximate surface area is 142 Å². The van der Waals surface area contributed by atoms with E-state index in [1.165, 1.54) is 7.11 Å². The molecule has 5 nitrogen and oxygen atoms in total. The fourth-order valence-corrected chi connectivity index (χ4v) is 3.71. The maximum absolute atomic E-state index is 12.6. The lowest BCUT2D eigenvalue weighted by Gasteiger charge is -2.26. The zero-order chi connectivity index (χ0) is 18.0. The third-order valence-electron chi connectivity index (χ3n) is 3.75. The van der Waals surface area contributed by atoms with Gasteiger partial charge in [-0.05, 0) is 50.6 Å². The zero-order valence-electron chi connectivity index (χ0n) is 14.2. The van der Waals surface area contributed by atoms with E-state index in [0.29, 0.717) is 5.56 Å². The molecule has 0 heterocycles. The molecule has 0 unspecified atom stereocenters. The summed E-state index contributed by atoms with van der Waals surface area (Å²) in [5.41, 5.74) is 1.31. The van der Waals surface area contributed by atoms with Crippen LogP contribution in [0.5, 0.6) is 0 Å². The third kappa shape index (κ3) is 4.01. The van der Waals surface area contributed by atoms with Crippen LogP contribution in [0.4, 0.5) is 0 Å². The molecule has 0 atom stereocenters. The highest BCUT2D eigenvalue weighted by Crippen LogP contribution is 2.24. The van der Waals surface area contributed by atoms with Crippen LogP contribution >= 0.6 is 0 Å². The molecule has 0 aliphatic rings. The van der Waals surface area contributed by atoms with Crippen molar-refractivity contribution < 1.29 is 17.9 Å². The van der Waals surface area contributed by atoms with Crippen molar-refractivity contribution in [3.05, 3.63) is 65.2 Å². The molecule has 0 fully saturated rings. The van der Waals surface area contributed by atoms with Gasteiger partial charge in [-0.2, -0.15) is 0 Å². The lowest BCUT2D eigenvalue weighted by molar-refractivity contribution is 0.0600. The van der Waals surface area contributed by atoms with E-state index in [1.807, 2.05) is 6.92 Å². The van der Waals surface area contributed by atoms with E-state index in [2.05, 4.69) is 9.46 Å². The molecule has 0 aliphatic carbocycles. The van der Waals surface area contributed by atoms with Crippen molar-refractivity contribution in [3.63, 3.8) is 0 Å². The maximum atomic E-state index is 12.6. The third-order valence-corrected chi connectivity index (χ3v) is 5.42. The number of methoxy groups -OCH3 is 1. The molecule has 0 saturated carbocycles. The van der Waals surface area contributed by atoms with E-state index in [9.17, 15) is 13.2 Å². The van der Waals surface area contributed by atoms with Crippen LogP contribution in [0.2, 0.25) is 0 Å². The van der Waals surface area contributed by atoms with E-state index in [4.69, 9.17) is 0 Å². The molecule has 0 amide bonds. The first-order chi connectivity index (χ1) is 11.2. The Kier molecular flexibility index (Phi) is 5.11. The second-order valence-electron chi connectivity index (χ2n) is 6.11. The highest BCUT2D eigenvalue weighted by molar-refractivity contribution is 7.89. The first kappa shape index (κ1) is 18.2. The highest BCUT2D eigenvalue weighted by Gasteiger charge is 2.28. The molecule has 0 saturated heterocycles. The number of hydrogen-bond acceptors (Lipinski definition) is 4. The fourth-order valence-electron chi connectivity index (χ4n) is 2.31. The summed E-state index contributed by atoms with van der Waals surface area (Å²) in [6.07, 6.45) is 0. The molecule has 2 aromatic rings. The number of aryl methyl sites for hydroxylation is 1. The fraction of sp³-hybridized carbons (Fsp3) is 0.278. The van der Waals surface area contributed by atoms with Crippen LogP contribution < -0.4 is 4.72 Å². The van der Waals surface area contributed by atoms with E-state index in [1.54, 1.807) is 62.4 Å². The number of nitrogens with one attached hydrogen (secondary N) is 1. The second kappa shape index (κ2) is 6.75. The van der Waals surface area contributed by atoms with Crippen molar-refractivity contribution in [2.75, 3.05) is 7.11 Å². The molecule has 0 bridgehead atoms. The van der Waals surface area contributed by atoms with Gasteiger partial charge < -0.3 is 4.74 Å². The van der Waals surface area contributed by atoms with Crippen LogP contribution in [0.25, 0.3) is 0 Å². The van der Waals surface area contributed by atoms with E-state index in [-0.39, 0.29) is 4.90 Å². The van der Waals surface area contributed by atoms with Gasteiger partial charge in [0.15, 0.2) is 0 Å². The van der Waals surface area contributed by atoms with Crippen molar-refractivity contribution in [1.82, 2.24) is 4.72 Å². The molecule has 0 aliphatic heterocycles. The van der Waals surface area contributed by atoms with Gasteiger partial charge in [0.1, 0.15) is 0 Å². The lowest BCUT2D eigenvalue weighted by atomic mass is 9.95. The largest absolute Gasteiger partial charge is 0.465 e. The molecule has 0 aromatic heterocycles. The molecular weight excluding hydrogens is 326 g/mol. The number of hydrogen-bond donors (Lipinski definition) is 1. The SMILES string of the molecule is COC(=O)c1ccc(C(C)(C)NS(=O)(=O)c2ccc(C)cc2)cc1. The van der Waals surface area contributed by atoms with Gasteiger partial charge in [-0.25, -0.2) is 17.9 Å². The van der Waals surface area contributed by atoms with E-state index >= 15 is 0 Å². The summed E-state index contributed by atoms with van der Waals surface area (Å²) in [5.74, 6) is -0.431. The van der Waals surface area contributed by atoms with E-state index < -0.39 is 21.5 Å². The van der Waals surface area contributed by atoms with Crippen LogP contribution in [0.1, 0.15) is 35.3 Å². The number of sulfonamides is 1. The summed E-state index contributed by atoms with van der Waals surface area (Å²) < 4.78 is 32.5. The van der Waals surface area contributed by atoms with Crippen LogP contribution in [0, 0.1) is 6.92 Å². The Balaban J connectivity index is 2.26. The normalized spacial score (nSPS) is 12.0. The minimum atomic E-state index is -3.66. The van der Waals surface area contributed by atoms with Gasteiger partial charge in [-0.15, -0.1) is 0 Å². The van der Waals surface area contributed by atoms with Gasteiger partial charge >= 0.3 is 5.97 Å². The van der Waals surface area contributed by atoms with Crippen molar-refractivity contribution in [1.29, 1.82) is 0 Å². The van der Waals surface area contributed by atoms with Gasteiger partial charge in [-0.1, -0.05) is 29.8 Å². The number of esters is 1. The Bertz CT molecular complexity index is 822. The van der Waals surface area contributed by atoms with Crippen molar-refractivity contribution in [3.8, 4) is 0 Å². The van der Waals surface area contributed by atoms with Crippen molar-refractivity contribution in [2.45, 2.75) is 31.2 Å². The molecule has 2 aromatic carbocycles. The van der Waals surface area contributed by atoms with Crippen LogP contribution in [0.15, 0.2) is 53.4 Å². The Morgan fingerprint density at radius 2 is 1.54 bits per heavy atom. The number of ether oxygens (including phenoxy) is 1. The van der Waals surface area contributed by atoms with Gasteiger partial charge in [0, 0.05) is 0 Å². The Morgan fingerprint density at radius 1 is 1.00 bits per heavy atom. The molecule has 128 valence electrons. The first-order valence-corrected chi connectivity index (χ1v) is 8.93. The first-order valence-electron chi connectivity index (χ1n) is 7.45. The molecule has 24 heavy (non-hydrogen) atoms. The van der Waals surface area contributed by atoms with Gasteiger partial charge in [0.2, 0.25) is 10.0 Å². The van der Waals surface area contributed by atoms with Crippen LogP contribution in [-0.2, 0) is 20.3 Å². The average Bonchev–Trinajstić information content (AvgIpc) is 2.53. The zero-order valence-corrected chi connectivity index (χ0v) is 15.0. The summed E-state index contributed by atoms with van der Waals surface area (Å²) in [5, 5.41) is 0. The molecule has 2 rings (SSSR count). The second-order valence-corrected chi connectivity index (χ2v) is 7.79. The summed E-state index contributed by atoms with van der Waals surface area (Å²) >= 11 is 0. The van der Waals surface area contributed by atoms with Gasteiger partial charge in [-0.3, -0.25) is 0 Å². The Hall–Kier alpha value is -2.18. The molecule has 6 heteroatoms. The smallest absolute Gasteiger partial charge is 0.337 e. The monoisotopic (exact) mass is 347 g/mol. The number of benzene rings is 2. The summed E-state index contributed by atoms with van der Waals surface area (Å²) in [6.45, 7) is 5.44. The van der Waals surface area contributed by atoms with Gasteiger partial charge in [0.25, 0.3) is 0 Å². The van der Waals surface area contributed by atoms with Gasteiger partial charge in [0.05, 0.1) is 23.1 Å². The minimum absolute atomic E-state index is 0.215. The van der Waals surface area contributed by atoms with Crippen LogP contribution in [0.3, 0.4) is 0 Å². The average molecular weight is 347 g/mol. The predicted molar refractivity (Wildman–Crippen MR) is 92.3 cm³/mol. The van der Waals surface area contributed by atoms with Crippen molar-refractivity contribution in [2.24, 2.45) is 0 Å².